The predicted molar refractivity (Wildman–Crippen MR) is 110 cm³/mol. The number of benzene rings is 2. The van der Waals surface area contributed by atoms with Crippen LogP contribution < -0.4 is 9.47 Å². The second kappa shape index (κ2) is 10.3. The van der Waals surface area contributed by atoms with Crippen molar-refractivity contribution in [3.8, 4) is 11.5 Å². The van der Waals surface area contributed by atoms with Crippen molar-refractivity contribution in [2.45, 2.75) is 21.7 Å². The number of rotatable bonds is 10. The monoisotopic (exact) mass is 500 g/mol. The summed E-state index contributed by atoms with van der Waals surface area (Å²) < 4.78 is 36.1. The van der Waals surface area contributed by atoms with Crippen molar-refractivity contribution < 1.29 is 38.3 Å². The highest BCUT2D eigenvalue weighted by atomic mass is 35.5. The van der Waals surface area contributed by atoms with E-state index in [0.29, 0.717) is 5.75 Å². The molecule has 0 fully saturated rings. The van der Waals surface area contributed by atoms with E-state index in [1.807, 2.05) is 0 Å². The molecule has 0 saturated heterocycles. The molecule has 0 spiro atoms. The lowest BCUT2D eigenvalue weighted by Gasteiger charge is -2.20. The molecule has 0 bridgehead atoms. The van der Waals surface area contributed by atoms with Gasteiger partial charge in [0.25, 0.3) is 0 Å². The van der Waals surface area contributed by atoms with Crippen LogP contribution in [0.25, 0.3) is 0 Å². The first-order chi connectivity index (χ1) is 14.0. The van der Waals surface area contributed by atoms with Gasteiger partial charge in [-0.25, -0.2) is 8.42 Å². The maximum absolute atomic E-state index is 12.9. The molecule has 2 aromatic rings. The number of sulfone groups is 1. The molecular formula is C18H19Cl3O8S. The van der Waals surface area contributed by atoms with Gasteiger partial charge in [-0.15, -0.1) is 11.6 Å². The largest absolute Gasteiger partial charge is 0.491 e. The minimum Gasteiger partial charge on any atom is -0.491 e. The Morgan fingerprint density at radius 3 is 2.07 bits per heavy atom. The first-order valence-corrected chi connectivity index (χ1v) is 11.2. The average Bonchev–Trinajstić information content (AvgIpc) is 2.71. The zero-order valence-electron chi connectivity index (χ0n) is 15.3. The lowest BCUT2D eigenvalue weighted by Crippen LogP contribution is -2.37. The van der Waals surface area contributed by atoms with Gasteiger partial charge in [0.2, 0.25) is 15.6 Å². The van der Waals surface area contributed by atoms with Crippen LogP contribution in [-0.2, 0) is 9.84 Å². The fraction of sp³-hybridized carbons (Fsp3) is 0.333. The summed E-state index contributed by atoms with van der Waals surface area (Å²) in [6, 6.07) is 7.63. The summed E-state index contributed by atoms with van der Waals surface area (Å²) in [4.78, 5) is -0.268. The molecule has 0 aromatic heterocycles. The van der Waals surface area contributed by atoms with Crippen LogP contribution in [0.4, 0.5) is 0 Å². The van der Waals surface area contributed by atoms with E-state index in [0.717, 1.165) is 12.1 Å². The van der Waals surface area contributed by atoms with Crippen molar-refractivity contribution in [1.29, 1.82) is 0 Å². The summed E-state index contributed by atoms with van der Waals surface area (Å²) in [5.41, 5.74) is 0. The zero-order valence-corrected chi connectivity index (χ0v) is 18.4. The Morgan fingerprint density at radius 1 is 1.00 bits per heavy atom. The van der Waals surface area contributed by atoms with E-state index >= 15 is 0 Å². The summed E-state index contributed by atoms with van der Waals surface area (Å²) in [7, 11) is -3.99. The average molecular weight is 502 g/mol. The van der Waals surface area contributed by atoms with E-state index < -0.39 is 40.8 Å². The molecule has 166 valence electrons. The van der Waals surface area contributed by atoms with Crippen LogP contribution in [0.15, 0.2) is 46.2 Å². The molecule has 0 aliphatic carbocycles. The standard InChI is InChI=1S/C18H19Cl3O8S/c19-9-18(24,25)10-29-17-15(20)5-14(6-16(17)21)30(26,27)13-3-1-12(2-4-13)28-8-11(23)7-22/h1-6,11,22-25H,7-10H2/t11-/m1/s1. The number of aliphatic hydroxyl groups excluding tert-OH is 2. The molecule has 0 saturated carbocycles. The van der Waals surface area contributed by atoms with Crippen molar-refractivity contribution in [3.63, 3.8) is 0 Å². The highest BCUT2D eigenvalue weighted by Gasteiger charge is 2.26. The van der Waals surface area contributed by atoms with Crippen molar-refractivity contribution in [2.75, 3.05) is 25.7 Å². The highest BCUT2D eigenvalue weighted by Crippen LogP contribution is 2.37. The van der Waals surface area contributed by atoms with Crippen LogP contribution in [-0.4, -0.2) is 66.4 Å². The van der Waals surface area contributed by atoms with E-state index in [1.165, 1.54) is 24.3 Å². The molecule has 30 heavy (non-hydrogen) atoms. The number of aliphatic hydroxyl groups is 4. The summed E-state index contributed by atoms with van der Waals surface area (Å²) in [6.07, 6.45) is -1.05. The third-order valence-corrected chi connectivity index (χ3v) is 6.47. The molecule has 2 aromatic carbocycles. The van der Waals surface area contributed by atoms with Crippen LogP contribution in [0.3, 0.4) is 0 Å². The molecule has 0 unspecified atom stereocenters. The third-order valence-electron chi connectivity index (χ3n) is 3.73. The molecule has 8 nitrogen and oxygen atoms in total. The normalized spacial score (nSPS) is 13.2. The van der Waals surface area contributed by atoms with Gasteiger partial charge in [-0.1, -0.05) is 23.2 Å². The van der Waals surface area contributed by atoms with Crippen LogP contribution in [0.2, 0.25) is 10.0 Å². The van der Waals surface area contributed by atoms with Crippen molar-refractivity contribution >= 4 is 44.6 Å². The number of hydrogen-bond acceptors (Lipinski definition) is 8. The summed E-state index contributed by atoms with van der Waals surface area (Å²) in [5, 5.41) is 36.7. The van der Waals surface area contributed by atoms with Crippen molar-refractivity contribution in [3.05, 3.63) is 46.4 Å². The number of alkyl halides is 1. The third kappa shape index (κ3) is 6.35. The van der Waals surface area contributed by atoms with Gasteiger partial charge < -0.3 is 29.9 Å². The van der Waals surface area contributed by atoms with Crippen molar-refractivity contribution in [1.82, 2.24) is 0 Å². The first-order valence-electron chi connectivity index (χ1n) is 8.39. The van der Waals surface area contributed by atoms with Gasteiger partial charge in [-0.2, -0.15) is 0 Å². The summed E-state index contributed by atoms with van der Waals surface area (Å²) in [6.45, 7) is -1.24. The van der Waals surface area contributed by atoms with E-state index in [-0.39, 0.29) is 32.2 Å². The SMILES string of the molecule is O=S(=O)(c1ccc(OC[C@H](O)CO)cc1)c1cc(Cl)c(OCC(O)(O)CCl)c(Cl)c1. The van der Waals surface area contributed by atoms with Gasteiger partial charge in [-0.05, 0) is 36.4 Å². The number of hydrogen-bond donors (Lipinski definition) is 4. The Balaban J connectivity index is 2.23. The van der Waals surface area contributed by atoms with E-state index in [4.69, 9.17) is 49.4 Å². The van der Waals surface area contributed by atoms with Gasteiger partial charge >= 0.3 is 0 Å². The Bertz CT molecular complexity index is 941. The van der Waals surface area contributed by atoms with Gasteiger partial charge in [0.05, 0.1) is 32.3 Å². The molecule has 0 aliphatic rings. The molecule has 0 aliphatic heterocycles. The van der Waals surface area contributed by atoms with Gasteiger partial charge in [0, 0.05) is 0 Å². The maximum Gasteiger partial charge on any atom is 0.211 e. The Morgan fingerprint density at radius 2 is 1.57 bits per heavy atom. The van der Waals surface area contributed by atoms with E-state index in [1.54, 1.807) is 0 Å². The quantitative estimate of drug-likeness (QED) is 0.286. The Labute approximate surface area is 188 Å². The highest BCUT2D eigenvalue weighted by molar-refractivity contribution is 7.91. The van der Waals surface area contributed by atoms with E-state index in [2.05, 4.69) is 0 Å². The number of halogens is 3. The van der Waals surface area contributed by atoms with Crippen LogP contribution in [0.1, 0.15) is 0 Å². The van der Waals surface area contributed by atoms with Gasteiger partial charge in [-0.3, -0.25) is 0 Å². The predicted octanol–water partition coefficient (Wildman–Crippen LogP) is 1.86. The molecule has 12 heteroatoms. The molecule has 0 amide bonds. The van der Waals surface area contributed by atoms with Gasteiger partial charge in [0.15, 0.2) is 5.75 Å². The molecule has 0 heterocycles. The molecule has 2 rings (SSSR count). The lowest BCUT2D eigenvalue weighted by molar-refractivity contribution is -0.162. The fourth-order valence-corrected chi connectivity index (χ4v) is 4.27. The van der Waals surface area contributed by atoms with Crippen LogP contribution in [0.5, 0.6) is 11.5 Å². The van der Waals surface area contributed by atoms with Crippen LogP contribution >= 0.6 is 34.8 Å². The molecule has 4 N–H and O–H groups in total. The Hall–Kier alpha value is -1.30. The maximum atomic E-state index is 12.9. The summed E-state index contributed by atoms with van der Waals surface area (Å²) in [5.74, 6) is -2.65. The molecule has 1 atom stereocenters. The smallest absolute Gasteiger partial charge is 0.211 e. The van der Waals surface area contributed by atoms with E-state index in [9.17, 15) is 23.7 Å². The fourth-order valence-electron chi connectivity index (χ4n) is 2.15. The second-order valence-corrected chi connectivity index (χ2v) is 9.27. The minimum absolute atomic E-state index is 0.0646. The Kier molecular flexibility index (Phi) is 8.60. The van der Waals surface area contributed by atoms with Gasteiger partial charge in [0.1, 0.15) is 25.1 Å². The molecule has 0 radical (unpaired) electrons. The zero-order chi connectivity index (χ0) is 22.5. The second-order valence-electron chi connectivity index (χ2n) is 6.24. The van der Waals surface area contributed by atoms with Crippen molar-refractivity contribution in [2.24, 2.45) is 0 Å². The number of ether oxygens (including phenoxy) is 2. The summed E-state index contributed by atoms with van der Waals surface area (Å²) >= 11 is 17.5. The molecular weight excluding hydrogens is 483 g/mol. The first kappa shape index (κ1) is 25.0. The van der Waals surface area contributed by atoms with Crippen LogP contribution in [0, 0.1) is 0 Å². The lowest BCUT2D eigenvalue weighted by atomic mass is 10.3. The minimum atomic E-state index is -3.99. The topological polar surface area (TPSA) is 134 Å².